The van der Waals surface area contributed by atoms with Crippen LogP contribution >= 0.6 is 11.3 Å². The third kappa shape index (κ3) is 3.30. The quantitative estimate of drug-likeness (QED) is 0.504. The molecule has 2 nitrogen and oxygen atoms in total. The van der Waals surface area contributed by atoms with Crippen LogP contribution in [-0.2, 0) is 9.53 Å². The molecule has 0 aliphatic rings. The van der Waals surface area contributed by atoms with Crippen molar-refractivity contribution in [1.82, 2.24) is 0 Å². The lowest BCUT2D eigenvalue weighted by molar-refractivity contribution is -0.136. The molecule has 0 spiro atoms. The molecule has 0 aromatic carbocycles. The van der Waals surface area contributed by atoms with Gasteiger partial charge in [0.1, 0.15) is 0 Å². The summed E-state index contributed by atoms with van der Waals surface area (Å²) in [6.07, 6.45) is 0. The molecule has 0 amide bonds. The molecule has 1 heterocycles. The van der Waals surface area contributed by atoms with Crippen molar-refractivity contribution in [2.45, 2.75) is 13.8 Å². The van der Waals surface area contributed by atoms with Gasteiger partial charge < -0.3 is 4.74 Å². The lowest BCUT2D eigenvalue weighted by Crippen LogP contribution is -1.99. The van der Waals surface area contributed by atoms with Gasteiger partial charge in [-0.25, -0.2) is 4.79 Å². The number of carbonyl (C=O) groups excluding carboxylic acids is 1. The fourth-order valence-electron chi connectivity index (χ4n) is 0.777. The topological polar surface area (TPSA) is 26.3 Å². The van der Waals surface area contributed by atoms with Gasteiger partial charge in [0.2, 0.25) is 0 Å². The van der Waals surface area contributed by atoms with Crippen molar-refractivity contribution in [1.29, 1.82) is 0 Å². The van der Waals surface area contributed by atoms with E-state index in [0.717, 1.165) is 10.4 Å². The first-order valence-electron chi connectivity index (χ1n) is 3.96. The molecule has 1 aromatic rings. The zero-order valence-electron chi connectivity index (χ0n) is 7.59. The zero-order valence-corrected chi connectivity index (χ0v) is 8.40. The minimum Gasteiger partial charge on any atom is -0.456 e. The van der Waals surface area contributed by atoms with Crippen LogP contribution in [0.4, 0.5) is 0 Å². The van der Waals surface area contributed by atoms with Crippen LogP contribution in [0.25, 0.3) is 0 Å². The van der Waals surface area contributed by atoms with Gasteiger partial charge in [0.15, 0.2) is 0 Å². The zero-order chi connectivity index (χ0) is 9.68. The molecule has 0 bridgehead atoms. The Bertz CT molecular complexity index is 354. The summed E-state index contributed by atoms with van der Waals surface area (Å²) in [5.74, 6) is 4.69. The SMILES string of the molecule is CCOC(=O)C#Cc1cc(C)cs1. The molecule has 3 heteroatoms. The molecule has 1 rings (SSSR count). The standard InChI is InChI=1S/C10H10O2S/c1-3-12-10(11)5-4-9-6-8(2)7-13-9/h6-7H,3H2,1-2H3. The number of hydrogen-bond donors (Lipinski definition) is 0. The van der Waals surface area contributed by atoms with E-state index in [2.05, 4.69) is 16.6 Å². The highest BCUT2D eigenvalue weighted by molar-refractivity contribution is 7.10. The van der Waals surface area contributed by atoms with Gasteiger partial charge in [-0.1, -0.05) is 0 Å². The average Bonchev–Trinajstić information content (AvgIpc) is 2.49. The maximum Gasteiger partial charge on any atom is 0.384 e. The lowest BCUT2D eigenvalue weighted by Gasteiger charge is -1.89. The number of rotatable bonds is 1. The molecular weight excluding hydrogens is 184 g/mol. The van der Waals surface area contributed by atoms with Gasteiger partial charge in [0.25, 0.3) is 0 Å². The summed E-state index contributed by atoms with van der Waals surface area (Å²) >= 11 is 1.53. The molecule has 0 N–H and O–H groups in total. The Morgan fingerprint density at radius 1 is 1.69 bits per heavy atom. The third-order valence-electron chi connectivity index (χ3n) is 1.29. The fraction of sp³-hybridized carbons (Fsp3) is 0.300. The Balaban J connectivity index is 2.62. The summed E-state index contributed by atoms with van der Waals surface area (Å²) in [5, 5.41) is 2.00. The maximum absolute atomic E-state index is 10.8. The van der Waals surface area contributed by atoms with Gasteiger partial charge in [0, 0.05) is 5.92 Å². The van der Waals surface area contributed by atoms with Crippen LogP contribution in [-0.4, -0.2) is 12.6 Å². The van der Waals surface area contributed by atoms with Crippen LogP contribution in [0.15, 0.2) is 11.4 Å². The van der Waals surface area contributed by atoms with Gasteiger partial charge in [-0.3, -0.25) is 0 Å². The van der Waals surface area contributed by atoms with Crippen LogP contribution in [0.1, 0.15) is 17.4 Å². The Hall–Kier alpha value is -1.27. The summed E-state index contributed by atoms with van der Waals surface area (Å²) in [6, 6.07) is 1.94. The minimum atomic E-state index is -0.464. The number of carbonyl (C=O) groups is 1. The molecule has 0 atom stereocenters. The molecule has 0 radical (unpaired) electrons. The maximum atomic E-state index is 10.8. The number of ether oxygens (including phenoxy) is 1. The molecule has 0 saturated heterocycles. The highest BCUT2D eigenvalue weighted by atomic mass is 32.1. The minimum absolute atomic E-state index is 0.372. The van der Waals surface area contributed by atoms with E-state index in [-0.39, 0.29) is 0 Å². The highest BCUT2D eigenvalue weighted by Gasteiger charge is 1.94. The van der Waals surface area contributed by atoms with E-state index in [1.54, 1.807) is 6.92 Å². The molecule has 13 heavy (non-hydrogen) atoms. The van der Waals surface area contributed by atoms with Crippen LogP contribution < -0.4 is 0 Å². The van der Waals surface area contributed by atoms with Crippen LogP contribution in [0.5, 0.6) is 0 Å². The second kappa shape index (κ2) is 4.68. The second-order valence-electron chi connectivity index (χ2n) is 2.46. The van der Waals surface area contributed by atoms with Gasteiger partial charge >= 0.3 is 5.97 Å². The molecule has 0 aliphatic carbocycles. The average molecular weight is 194 g/mol. The Labute approximate surface area is 81.5 Å². The largest absolute Gasteiger partial charge is 0.456 e. The molecule has 0 unspecified atom stereocenters. The van der Waals surface area contributed by atoms with Gasteiger partial charge in [-0.2, -0.15) is 0 Å². The van der Waals surface area contributed by atoms with Crippen molar-refractivity contribution >= 4 is 17.3 Å². The van der Waals surface area contributed by atoms with Crippen molar-refractivity contribution < 1.29 is 9.53 Å². The Kier molecular flexibility index (Phi) is 3.53. The first kappa shape index (κ1) is 9.82. The number of esters is 1. The highest BCUT2D eigenvalue weighted by Crippen LogP contribution is 2.11. The van der Waals surface area contributed by atoms with Crippen LogP contribution in [0, 0.1) is 18.8 Å². The van der Waals surface area contributed by atoms with E-state index < -0.39 is 5.97 Å². The van der Waals surface area contributed by atoms with Crippen molar-refractivity contribution in [3.8, 4) is 11.8 Å². The lowest BCUT2D eigenvalue weighted by atomic mass is 10.3. The van der Waals surface area contributed by atoms with E-state index in [9.17, 15) is 4.79 Å². The van der Waals surface area contributed by atoms with E-state index in [1.807, 2.05) is 18.4 Å². The number of aryl methyl sites for hydroxylation is 1. The van der Waals surface area contributed by atoms with Gasteiger partial charge in [0.05, 0.1) is 11.5 Å². The van der Waals surface area contributed by atoms with Crippen molar-refractivity contribution in [2.75, 3.05) is 6.61 Å². The Morgan fingerprint density at radius 2 is 2.46 bits per heavy atom. The van der Waals surface area contributed by atoms with Crippen molar-refractivity contribution in [2.24, 2.45) is 0 Å². The fourth-order valence-corrected chi connectivity index (χ4v) is 1.52. The predicted octanol–water partition coefficient (Wildman–Crippen LogP) is 1.97. The molecule has 1 aromatic heterocycles. The number of thiophene rings is 1. The molecule has 0 saturated carbocycles. The summed E-state index contributed by atoms with van der Waals surface area (Å²) in [6.45, 7) is 4.12. The van der Waals surface area contributed by atoms with Gasteiger partial charge in [-0.15, -0.1) is 11.3 Å². The van der Waals surface area contributed by atoms with E-state index >= 15 is 0 Å². The monoisotopic (exact) mass is 194 g/mol. The van der Waals surface area contributed by atoms with E-state index in [0.29, 0.717) is 6.61 Å². The van der Waals surface area contributed by atoms with E-state index in [4.69, 9.17) is 0 Å². The second-order valence-corrected chi connectivity index (χ2v) is 3.37. The summed E-state index contributed by atoms with van der Waals surface area (Å²) in [5.41, 5.74) is 1.16. The first-order chi connectivity index (χ1) is 6.22. The van der Waals surface area contributed by atoms with E-state index in [1.165, 1.54) is 11.3 Å². The summed E-state index contributed by atoms with van der Waals surface area (Å²) in [4.78, 5) is 11.7. The predicted molar refractivity (Wildman–Crippen MR) is 52.6 cm³/mol. The number of hydrogen-bond acceptors (Lipinski definition) is 3. The first-order valence-corrected chi connectivity index (χ1v) is 4.84. The van der Waals surface area contributed by atoms with Crippen molar-refractivity contribution in [3.05, 3.63) is 21.9 Å². The normalized spacial score (nSPS) is 8.77. The third-order valence-corrected chi connectivity index (χ3v) is 2.26. The molecule has 0 fully saturated rings. The smallest absolute Gasteiger partial charge is 0.384 e. The van der Waals surface area contributed by atoms with Crippen LogP contribution in [0.3, 0.4) is 0 Å². The Morgan fingerprint density at radius 3 is 3.00 bits per heavy atom. The van der Waals surface area contributed by atoms with Gasteiger partial charge in [-0.05, 0) is 36.8 Å². The van der Waals surface area contributed by atoms with Crippen LogP contribution in [0.2, 0.25) is 0 Å². The summed E-state index contributed by atoms with van der Waals surface area (Å²) < 4.78 is 4.66. The molecule has 0 aliphatic heterocycles. The molecule has 68 valence electrons. The van der Waals surface area contributed by atoms with Crippen molar-refractivity contribution in [3.63, 3.8) is 0 Å². The molecular formula is C10H10O2S. The summed E-state index contributed by atoms with van der Waals surface area (Å²) in [7, 11) is 0.